The molecule has 0 unspecified atom stereocenters. The van der Waals surface area contributed by atoms with Crippen LogP contribution in [0.15, 0.2) is 30.3 Å². The summed E-state index contributed by atoms with van der Waals surface area (Å²) >= 11 is 1.37. The van der Waals surface area contributed by atoms with Gasteiger partial charge in [0.15, 0.2) is 0 Å². The average Bonchev–Trinajstić information content (AvgIpc) is 2.94. The van der Waals surface area contributed by atoms with Gasteiger partial charge in [0.2, 0.25) is 5.78 Å². The van der Waals surface area contributed by atoms with Crippen molar-refractivity contribution in [1.82, 2.24) is 10.2 Å². The first kappa shape index (κ1) is 15.3. The molecule has 0 saturated heterocycles. The molecule has 110 valence electrons. The van der Waals surface area contributed by atoms with Crippen LogP contribution in [0.3, 0.4) is 0 Å². The number of ketones is 1. The Hall–Kier alpha value is -2.08. The first-order valence-corrected chi connectivity index (χ1v) is 7.56. The zero-order chi connectivity index (χ0) is 15.1. The molecule has 0 spiro atoms. The van der Waals surface area contributed by atoms with Crippen molar-refractivity contribution in [2.75, 3.05) is 6.61 Å². The molecule has 1 aromatic heterocycles. The van der Waals surface area contributed by atoms with E-state index in [0.29, 0.717) is 5.01 Å². The van der Waals surface area contributed by atoms with Crippen molar-refractivity contribution >= 4 is 23.1 Å². The van der Waals surface area contributed by atoms with E-state index in [1.807, 2.05) is 18.2 Å². The highest BCUT2D eigenvalue weighted by Crippen LogP contribution is 2.14. The summed E-state index contributed by atoms with van der Waals surface area (Å²) in [6.07, 6.45) is 1.61. The van der Waals surface area contributed by atoms with Crippen LogP contribution in [0.1, 0.15) is 22.5 Å². The predicted molar refractivity (Wildman–Crippen MR) is 79.1 cm³/mol. The maximum absolute atomic E-state index is 11.6. The topological polar surface area (TPSA) is 69.2 Å². The first-order valence-electron chi connectivity index (χ1n) is 6.74. The van der Waals surface area contributed by atoms with E-state index in [4.69, 9.17) is 0 Å². The van der Waals surface area contributed by atoms with Crippen LogP contribution in [-0.4, -0.2) is 28.6 Å². The summed E-state index contributed by atoms with van der Waals surface area (Å²) in [6, 6.07) is 10.1. The van der Waals surface area contributed by atoms with Crippen LogP contribution in [0.25, 0.3) is 0 Å². The Balaban J connectivity index is 1.87. The van der Waals surface area contributed by atoms with Crippen molar-refractivity contribution in [3.63, 3.8) is 0 Å². The van der Waals surface area contributed by atoms with E-state index in [-0.39, 0.29) is 13.0 Å². The maximum atomic E-state index is 11.6. The molecule has 2 rings (SSSR count). The van der Waals surface area contributed by atoms with Gasteiger partial charge in [0.25, 0.3) is 0 Å². The molecule has 2 aromatic rings. The third kappa shape index (κ3) is 4.75. The number of ether oxygens (including phenoxy) is 1. The van der Waals surface area contributed by atoms with Gasteiger partial charge in [-0.2, -0.15) is 0 Å². The van der Waals surface area contributed by atoms with Gasteiger partial charge in [-0.05, 0) is 18.9 Å². The molecular weight excluding hydrogens is 288 g/mol. The number of aromatic nitrogens is 2. The van der Waals surface area contributed by atoms with Crippen molar-refractivity contribution in [3.8, 4) is 0 Å². The second-order valence-corrected chi connectivity index (χ2v) is 5.54. The second kappa shape index (κ2) is 7.64. The Morgan fingerprint density at radius 2 is 1.81 bits per heavy atom. The molecule has 0 atom stereocenters. The molecule has 1 aromatic carbocycles. The number of Topliss-reactive ketones (excluding diaryl/α,β-unsaturated/α-hetero) is 1. The molecule has 0 N–H and O–H groups in total. The van der Waals surface area contributed by atoms with Crippen LogP contribution in [0.5, 0.6) is 0 Å². The Morgan fingerprint density at radius 3 is 2.52 bits per heavy atom. The van der Waals surface area contributed by atoms with E-state index in [1.165, 1.54) is 16.9 Å². The van der Waals surface area contributed by atoms with Crippen LogP contribution in [-0.2, 0) is 33.6 Å². The fourth-order valence-electron chi connectivity index (χ4n) is 1.78. The summed E-state index contributed by atoms with van der Waals surface area (Å²) in [5.41, 5.74) is 1.23. The normalized spacial score (nSPS) is 10.3. The number of carbonyl (C=O) groups excluding carboxylic acids is 2. The minimum Gasteiger partial charge on any atom is -0.460 e. The van der Waals surface area contributed by atoms with Gasteiger partial charge in [0.05, 0.1) is 13.0 Å². The zero-order valence-corrected chi connectivity index (χ0v) is 12.6. The fraction of sp³-hybridized carbons (Fsp3) is 0.333. The van der Waals surface area contributed by atoms with Crippen LogP contribution in [0.4, 0.5) is 0 Å². The third-order valence-corrected chi connectivity index (χ3v) is 3.78. The highest BCUT2D eigenvalue weighted by atomic mass is 32.1. The van der Waals surface area contributed by atoms with Crippen LogP contribution < -0.4 is 0 Å². The third-order valence-electron chi connectivity index (χ3n) is 2.79. The van der Waals surface area contributed by atoms with Gasteiger partial charge in [-0.15, -0.1) is 21.5 Å². The number of rotatable bonds is 7. The molecule has 0 amide bonds. The molecule has 0 aliphatic carbocycles. The minimum absolute atomic E-state index is 0.0398. The fourth-order valence-corrected chi connectivity index (χ4v) is 2.62. The van der Waals surface area contributed by atoms with E-state index in [9.17, 15) is 9.59 Å². The number of aryl methyl sites for hydroxylation is 2. The number of hydrogen-bond acceptors (Lipinski definition) is 6. The van der Waals surface area contributed by atoms with Gasteiger partial charge in [0, 0.05) is 6.42 Å². The highest BCUT2D eigenvalue weighted by Gasteiger charge is 2.17. The number of hydrogen-bond donors (Lipinski definition) is 0. The lowest BCUT2D eigenvalue weighted by Crippen LogP contribution is -2.19. The van der Waals surface area contributed by atoms with Crippen molar-refractivity contribution < 1.29 is 14.3 Å². The number of benzene rings is 1. The molecule has 0 radical (unpaired) electrons. The summed E-state index contributed by atoms with van der Waals surface area (Å²) in [7, 11) is 0. The molecule has 21 heavy (non-hydrogen) atoms. The molecule has 1 heterocycles. The summed E-state index contributed by atoms with van der Waals surface area (Å²) < 4.78 is 4.66. The Morgan fingerprint density at radius 1 is 1.10 bits per heavy atom. The quantitative estimate of drug-likeness (QED) is 0.578. The van der Waals surface area contributed by atoms with Gasteiger partial charge in [-0.3, -0.25) is 4.79 Å². The first-order chi connectivity index (χ1) is 10.2. The Labute approximate surface area is 127 Å². The lowest BCUT2D eigenvalue weighted by atomic mass is 10.1. The van der Waals surface area contributed by atoms with E-state index in [1.54, 1.807) is 6.92 Å². The Kier molecular flexibility index (Phi) is 5.57. The van der Waals surface area contributed by atoms with E-state index in [0.717, 1.165) is 17.8 Å². The maximum Gasteiger partial charge on any atom is 0.375 e. The minimum atomic E-state index is -0.807. The van der Waals surface area contributed by atoms with Crippen molar-refractivity contribution in [1.29, 1.82) is 0 Å². The SMILES string of the molecule is CCOC(=O)C(=O)Cc1nnc(CCc2ccccc2)s1. The van der Waals surface area contributed by atoms with Crippen LogP contribution in [0.2, 0.25) is 0 Å². The van der Waals surface area contributed by atoms with Crippen molar-refractivity contribution in [3.05, 3.63) is 45.9 Å². The van der Waals surface area contributed by atoms with E-state index >= 15 is 0 Å². The molecule has 6 heteroatoms. The smallest absolute Gasteiger partial charge is 0.375 e. The van der Waals surface area contributed by atoms with Crippen LogP contribution >= 0.6 is 11.3 Å². The van der Waals surface area contributed by atoms with Crippen molar-refractivity contribution in [2.45, 2.75) is 26.2 Å². The predicted octanol–water partition coefficient (Wildman–Crippen LogP) is 2.00. The largest absolute Gasteiger partial charge is 0.460 e. The lowest BCUT2D eigenvalue weighted by Gasteiger charge is -1.98. The summed E-state index contributed by atoms with van der Waals surface area (Å²) in [6.45, 7) is 1.86. The molecule has 0 saturated carbocycles. The molecule has 0 fully saturated rings. The zero-order valence-electron chi connectivity index (χ0n) is 11.7. The lowest BCUT2D eigenvalue weighted by molar-refractivity contribution is -0.153. The molecular formula is C15H16N2O3S. The van der Waals surface area contributed by atoms with Gasteiger partial charge >= 0.3 is 5.97 Å². The summed E-state index contributed by atoms with van der Waals surface area (Å²) in [5, 5.41) is 9.42. The molecule has 0 aliphatic rings. The standard InChI is InChI=1S/C15H16N2O3S/c1-2-20-15(19)12(18)10-14-17-16-13(21-14)9-8-11-6-4-3-5-7-11/h3-7H,2,8-10H2,1H3. The van der Waals surface area contributed by atoms with Gasteiger partial charge in [-0.1, -0.05) is 30.3 Å². The summed E-state index contributed by atoms with van der Waals surface area (Å²) in [5.74, 6) is -1.39. The van der Waals surface area contributed by atoms with Gasteiger partial charge < -0.3 is 4.74 Å². The molecule has 5 nitrogen and oxygen atoms in total. The number of esters is 1. The Bertz CT molecular complexity index is 610. The number of nitrogens with zero attached hydrogens (tertiary/aromatic N) is 2. The average molecular weight is 304 g/mol. The van der Waals surface area contributed by atoms with Gasteiger partial charge in [0.1, 0.15) is 10.0 Å². The summed E-state index contributed by atoms with van der Waals surface area (Å²) in [4.78, 5) is 22.8. The van der Waals surface area contributed by atoms with Crippen molar-refractivity contribution in [2.24, 2.45) is 0 Å². The number of carbonyl (C=O) groups is 2. The monoisotopic (exact) mass is 304 g/mol. The van der Waals surface area contributed by atoms with E-state index < -0.39 is 11.8 Å². The highest BCUT2D eigenvalue weighted by molar-refractivity contribution is 7.11. The second-order valence-electron chi connectivity index (χ2n) is 4.40. The molecule has 0 aliphatic heterocycles. The van der Waals surface area contributed by atoms with E-state index in [2.05, 4.69) is 27.1 Å². The van der Waals surface area contributed by atoms with Gasteiger partial charge in [-0.25, -0.2) is 4.79 Å². The van der Waals surface area contributed by atoms with Crippen LogP contribution in [0, 0.1) is 0 Å². The molecule has 0 bridgehead atoms.